The zero-order valence-corrected chi connectivity index (χ0v) is 11.4. The van der Waals surface area contributed by atoms with Crippen molar-refractivity contribution < 1.29 is 14.3 Å². The number of nitrogens with two attached hydrogens (primary N) is 1. The molecule has 3 N–H and O–H groups in total. The molecule has 1 fully saturated rings. The van der Waals surface area contributed by atoms with Gasteiger partial charge in [0.1, 0.15) is 11.4 Å². The van der Waals surface area contributed by atoms with Gasteiger partial charge in [-0.2, -0.15) is 0 Å². The van der Waals surface area contributed by atoms with Crippen LogP contribution in [-0.2, 0) is 16.1 Å². The van der Waals surface area contributed by atoms with Crippen LogP contribution in [0.4, 0.5) is 0 Å². The Morgan fingerprint density at radius 1 is 1.40 bits per heavy atom. The van der Waals surface area contributed by atoms with Gasteiger partial charge in [-0.3, -0.25) is 4.79 Å². The first-order valence-corrected chi connectivity index (χ1v) is 6.69. The molecule has 20 heavy (non-hydrogen) atoms. The van der Waals surface area contributed by atoms with E-state index in [4.69, 9.17) is 15.2 Å². The highest BCUT2D eigenvalue weighted by atomic mass is 16.6. The molecule has 1 unspecified atom stereocenters. The molecule has 1 aromatic carbocycles. The number of Topliss-reactive ketones (excluding diaryl/α,β-unsaturated/α-hetero) is 1. The second-order valence-corrected chi connectivity index (χ2v) is 5.20. The topological polar surface area (TPSA) is 76.9 Å². The van der Waals surface area contributed by atoms with Gasteiger partial charge in [0, 0.05) is 13.0 Å². The summed E-state index contributed by atoms with van der Waals surface area (Å²) < 4.78 is 10.6. The van der Waals surface area contributed by atoms with E-state index in [9.17, 15) is 4.79 Å². The van der Waals surface area contributed by atoms with Crippen LogP contribution >= 0.6 is 0 Å². The third-order valence-electron chi connectivity index (χ3n) is 3.90. The maximum Gasteiger partial charge on any atom is 0.180 e. The van der Waals surface area contributed by atoms with Gasteiger partial charge in [-0.25, -0.2) is 0 Å². The molecule has 1 aromatic rings. The van der Waals surface area contributed by atoms with Gasteiger partial charge in [0.25, 0.3) is 0 Å². The molecular weight excluding hydrogens is 256 g/mol. The monoisotopic (exact) mass is 274 g/mol. The van der Waals surface area contributed by atoms with E-state index in [1.54, 1.807) is 7.11 Å². The number of allylic oxidation sites excluding steroid dienone is 1. The Morgan fingerprint density at radius 2 is 2.10 bits per heavy atom. The molecule has 0 bridgehead atoms. The number of carbonyl (C=O) groups excluding carboxylic acids is 1. The van der Waals surface area contributed by atoms with Crippen molar-refractivity contribution in [1.82, 2.24) is 5.32 Å². The Bertz CT molecular complexity index is 559. The van der Waals surface area contributed by atoms with Crippen molar-refractivity contribution in [3.63, 3.8) is 0 Å². The van der Waals surface area contributed by atoms with Crippen LogP contribution in [0.2, 0.25) is 0 Å². The van der Waals surface area contributed by atoms with E-state index in [-0.39, 0.29) is 11.4 Å². The van der Waals surface area contributed by atoms with E-state index >= 15 is 0 Å². The predicted molar refractivity (Wildman–Crippen MR) is 74.0 cm³/mol. The van der Waals surface area contributed by atoms with Gasteiger partial charge in [-0.05, 0) is 24.1 Å². The molecule has 1 atom stereocenters. The molecule has 1 aliphatic heterocycles. The van der Waals surface area contributed by atoms with Crippen LogP contribution in [0.1, 0.15) is 18.4 Å². The molecule has 0 amide bonds. The number of hydrogen-bond donors (Lipinski definition) is 2. The predicted octanol–water partition coefficient (Wildman–Crippen LogP) is 1.09. The highest BCUT2D eigenvalue weighted by Gasteiger charge is 2.52. The Labute approximate surface area is 117 Å². The summed E-state index contributed by atoms with van der Waals surface area (Å²) in [5.74, 6) is 0.825. The molecule has 1 heterocycles. The van der Waals surface area contributed by atoms with Crippen LogP contribution in [-0.4, -0.2) is 25.1 Å². The molecule has 0 radical (unpaired) electrons. The number of hydrogen-bond acceptors (Lipinski definition) is 5. The normalized spacial score (nSPS) is 24.9. The van der Waals surface area contributed by atoms with Crippen LogP contribution in [0.25, 0.3) is 0 Å². The van der Waals surface area contributed by atoms with Gasteiger partial charge in [-0.1, -0.05) is 12.1 Å². The minimum Gasteiger partial charge on any atom is -0.497 e. The Morgan fingerprint density at radius 3 is 2.70 bits per heavy atom. The molecule has 5 nitrogen and oxygen atoms in total. The molecule has 1 aliphatic carbocycles. The van der Waals surface area contributed by atoms with Crippen molar-refractivity contribution in [3.8, 4) is 5.75 Å². The highest BCUT2D eigenvalue weighted by Crippen LogP contribution is 2.42. The highest BCUT2D eigenvalue weighted by molar-refractivity contribution is 5.96. The Balaban J connectivity index is 1.73. The van der Waals surface area contributed by atoms with Crippen LogP contribution in [0.15, 0.2) is 35.7 Å². The molecule has 1 saturated heterocycles. The van der Waals surface area contributed by atoms with Gasteiger partial charge in [-0.15, -0.1) is 0 Å². The lowest BCUT2D eigenvalue weighted by atomic mass is 9.89. The summed E-state index contributed by atoms with van der Waals surface area (Å²) in [6, 6.07) is 7.77. The lowest BCUT2D eigenvalue weighted by Crippen LogP contribution is -2.37. The summed E-state index contributed by atoms with van der Waals surface area (Å²) in [5, 5.41) is 3.28. The van der Waals surface area contributed by atoms with Gasteiger partial charge in [0.05, 0.1) is 25.1 Å². The second kappa shape index (κ2) is 4.83. The average molecular weight is 274 g/mol. The fourth-order valence-electron chi connectivity index (χ4n) is 2.53. The summed E-state index contributed by atoms with van der Waals surface area (Å²) in [7, 11) is 1.64. The number of benzene rings is 1. The molecule has 5 heteroatoms. The largest absolute Gasteiger partial charge is 0.497 e. The van der Waals surface area contributed by atoms with Crippen LogP contribution in [0.5, 0.6) is 5.75 Å². The number of methoxy groups -OCH3 is 1. The molecular formula is C15H18N2O3. The van der Waals surface area contributed by atoms with Crippen molar-refractivity contribution in [2.75, 3.05) is 13.7 Å². The van der Waals surface area contributed by atoms with E-state index in [0.29, 0.717) is 25.3 Å². The third kappa shape index (κ3) is 2.25. The van der Waals surface area contributed by atoms with E-state index in [2.05, 4.69) is 5.32 Å². The number of epoxide rings is 1. The van der Waals surface area contributed by atoms with Crippen molar-refractivity contribution in [3.05, 3.63) is 41.2 Å². The number of ether oxygens (including phenoxy) is 2. The van der Waals surface area contributed by atoms with Crippen LogP contribution in [0.3, 0.4) is 0 Å². The summed E-state index contributed by atoms with van der Waals surface area (Å²) in [5.41, 5.74) is 7.76. The van der Waals surface area contributed by atoms with Gasteiger partial charge in [0.15, 0.2) is 5.78 Å². The quantitative estimate of drug-likeness (QED) is 0.804. The van der Waals surface area contributed by atoms with Crippen LogP contribution < -0.4 is 15.8 Å². The zero-order valence-electron chi connectivity index (χ0n) is 11.4. The third-order valence-corrected chi connectivity index (χ3v) is 3.90. The molecule has 3 rings (SSSR count). The smallest absolute Gasteiger partial charge is 0.180 e. The van der Waals surface area contributed by atoms with Crippen LogP contribution in [0, 0.1) is 0 Å². The molecule has 1 spiro atoms. The van der Waals surface area contributed by atoms with Crippen molar-refractivity contribution in [1.29, 1.82) is 0 Å². The van der Waals surface area contributed by atoms with Crippen molar-refractivity contribution >= 4 is 5.78 Å². The summed E-state index contributed by atoms with van der Waals surface area (Å²) in [4.78, 5) is 11.7. The molecule has 0 saturated carbocycles. The minimum absolute atomic E-state index is 0.00311. The van der Waals surface area contributed by atoms with Crippen molar-refractivity contribution in [2.45, 2.75) is 25.0 Å². The summed E-state index contributed by atoms with van der Waals surface area (Å²) >= 11 is 0. The lowest BCUT2D eigenvalue weighted by molar-refractivity contribution is -0.116. The fourth-order valence-corrected chi connectivity index (χ4v) is 2.53. The van der Waals surface area contributed by atoms with E-state index < -0.39 is 0 Å². The number of nitrogens with one attached hydrogen (secondary N) is 1. The molecule has 106 valence electrons. The van der Waals surface area contributed by atoms with Gasteiger partial charge < -0.3 is 20.5 Å². The van der Waals surface area contributed by atoms with E-state index in [0.717, 1.165) is 23.4 Å². The van der Waals surface area contributed by atoms with Gasteiger partial charge in [0.2, 0.25) is 0 Å². The fraction of sp³-hybridized carbons (Fsp3) is 0.400. The van der Waals surface area contributed by atoms with Gasteiger partial charge >= 0.3 is 0 Å². The number of ketones is 1. The summed E-state index contributed by atoms with van der Waals surface area (Å²) in [6.07, 6.45) is 1.19. The molecule has 0 aromatic heterocycles. The number of rotatable bonds is 4. The minimum atomic E-state index is -0.329. The summed E-state index contributed by atoms with van der Waals surface area (Å²) in [6.45, 7) is 1.25. The van der Waals surface area contributed by atoms with E-state index in [1.165, 1.54) is 0 Å². The lowest BCUT2D eigenvalue weighted by Gasteiger charge is -2.24. The average Bonchev–Trinajstić information content (AvgIpc) is 3.25. The first-order chi connectivity index (χ1) is 9.64. The maximum absolute atomic E-state index is 11.7. The SMILES string of the molecule is COc1ccc(CNC2=C(N)C(=O)CCC23CO3)cc1. The first-order valence-electron chi connectivity index (χ1n) is 6.69. The standard InChI is InChI=1S/C15H18N2O3/c1-19-11-4-2-10(3-5-11)8-17-14-13(16)12(18)6-7-15(14)9-20-15/h2-5,17H,6-9,16H2,1H3. The Hall–Kier alpha value is -2.01. The molecule has 2 aliphatic rings. The van der Waals surface area contributed by atoms with E-state index in [1.807, 2.05) is 24.3 Å². The second-order valence-electron chi connectivity index (χ2n) is 5.20. The van der Waals surface area contributed by atoms with Crippen molar-refractivity contribution in [2.24, 2.45) is 5.73 Å². The first kappa shape index (κ1) is 13.0. The zero-order chi connectivity index (χ0) is 14.2. The maximum atomic E-state index is 11.7. The Kier molecular flexibility index (Phi) is 3.14. The number of carbonyl (C=O) groups is 1.